The van der Waals surface area contributed by atoms with E-state index in [-0.39, 0.29) is 36.2 Å². The summed E-state index contributed by atoms with van der Waals surface area (Å²) in [5.74, 6) is 0.774. The van der Waals surface area contributed by atoms with Crippen molar-refractivity contribution in [3.05, 3.63) is 125 Å². The van der Waals surface area contributed by atoms with Crippen molar-refractivity contribution in [1.29, 1.82) is 0 Å². The van der Waals surface area contributed by atoms with Crippen molar-refractivity contribution < 1.29 is 23.0 Å². The minimum absolute atomic E-state index is 0.0115. The summed E-state index contributed by atoms with van der Waals surface area (Å²) >= 11 is 3.38. The molecule has 43 heavy (non-hydrogen) atoms. The number of nitrogens with one attached hydrogen (secondary N) is 1. The highest BCUT2D eigenvalue weighted by Crippen LogP contribution is 2.43. The molecule has 10 heteroatoms. The normalized spacial score (nSPS) is 20.8. The monoisotopic (exact) mass is 632 g/mol. The highest BCUT2D eigenvalue weighted by atomic mass is 32.2. The van der Waals surface area contributed by atoms with Gasteiger partial charge in [0.15, 0.2) is 10.6 Å². The lowest BCUT2D eigenvalue weighted by Gasteiger charge is -2.41. The molecule has 5 aromatic rings. The van der Waals surface area contributed by atoms with Crippen LogP contribution in [-0.4, -0.2) is 30.4 Å². The number of thiazole rings is 1. The summed E-state index contributed by atoms with van der Waals surface area (Å²) in [5.41, 5.74) is 4.56. The molecule has 0 aliphatic carbocycles. The third-order valence-corrected chi connectivity index (χ3v) is 11.2. The average molecular weight is 633 g/mol. The second-order valence-corrected chi connectivity index (χ2v) is 14.5. The Kier molecular flexibility index (Phi) is 9.25. The smallest absolute Gasteiger partial charge is 0.240 e. The summed E-state index contributed by atoms with van der Waals surface area (Å²) in [6, 6.07) is 32.0. The molecule has 0 saturated carbocycles. The van der Waals surface area contributed by atoms with E-state index in [1.165, 1.54) is 0 Å². The number of benzene rings is 4. The summed E-state index contributed by atoms with van der Waals surface area (Å²) < 4.78 is 43.3. The van der Waals surface area contributed by atoms with Crippen molar-refractivity contribution in [2.75, 3.05) is 5.75 Å². The average Bonchev–Trinajstić information content (AvgIpc) is 3.47. The molecule has 1 aromatic heterocycles. The van der Waals surface area contributed by atoms with Crippen molar-refractivity contribution in [1.82, 2.24) is 9.71 Å². The predicted octanol–water partition coefficient (Wildman–Crippen LogP) is 6.85. The number of aromatic nitrogens is 1. The van der Waals surface area contributed by atoms with E-state index in [0.29, 0.717) is 5.75 Å². The molecular formula is C33H32N2O5S3. The maximum Gasteiger partial charge on any atom is 0.240 e. The van der Waals surface area contributed by atoms with Gasteiger partial charge in [0.25, 0.3) is 0 Å². The van der Waals surface area contributed by atoms with E-state index in [0.717, 1.165) is 36.8 Å². The van der Waals surface area contributed by atoms with Crippen molar-refractivity contribution >= 4 is 43.3 Å². The first-order chi connectivity index (χ1) is 20.9. The Labute approximate surface area is 260 Å². The van der Waals surface area contributed by atoms with Crippen LogP contribution in [0.25, 0.3) is 10.2 Å². The number of aliphatic hydroxyl groups is 1. The Morgan fingerprint density at radius 3 is 2.26 bits per heavy atom. The zero-order chi connectivity index (χ0) is 29.8. The van der Waals surface area contributed by atoms with Crippen LogP contribution in [0.5, 0.6) is 0 Å². The standard InChI is InChI=1S/C33H32N2O5S3/c1-22-29(21-41-33-35-28-9-5-6-10-30(28)42-33)39-32(40-31(22)25-15-13-24(20-36)14-16-25)26-17-11-23(12-18-26)19-34-43(37,38)27-7-3-2-4-8-27/h2-18,22,29,31-32,34,36H,19-21H2,1H3. The molecule has 1 aliphatic heterocycles. The number of ether oxygens (including phenoxy) is 2. The lowest BCUT2D eigenvalue weighted by Crippen LogP contribution is -2.38. The molecule has 6 rings (SSSR count). The first kappa shape index (κ1) is 30.0. The number of fused-ring (bicyclic) bond motifs is 1. The molecule has 1 fully saturated rings. The van der Waals surface area contributed by atoms with E-state index >= 15 is 0 Å². The van der Waals surface area contributed by atoms with Crippen LogP contribution in [0, 0.1) is 5.92 Å². The van der Waals surface area contributed by atoms with Crippen LogP contribution >= 0.6 is 23.1 Å². The Hall–Kier alpha value is -3.09. The molecule has 7 nitrogen and oxygen atoms in total. The van der Waals surface area contributed by atoms with Crippen molar-refractivity contribution in [2.45, 2.75) is 47.8 Å². The number of para-hydroxylation sites is 1. The molecule has 0 bridgehead atoms. The van der Waals surface area contributed by atoms with Gasteiger partial charge in [-0.05, 0) is 41.0 Å². The summed E-state index contributed by atoms with van der Waals surface area (Å²) in [4.78, 5) is 5.02. The van der Waals surface area contributed by atoms with Gasteiger partial charge in [-0.1, -0.05) is 97.5 Å². The largest absolute Gasteiger partial charge is 0.392 e. The lowest BCUT2D eigenvalue weighted by atomic mass is 9.91. The minimum Gasteiger partial charge on any atom is -0.392 e. The number of thioether (sulfide) groups is 1. The molecule has 0 spiro atoms. The zero-order valence-corrected chi connectivity index (χ0v) is 25.9. The van der Waals surface area contributed by atoms with Gasteiger partial charge in [0.05, 0.1) is 33.9 Å². The Bertz CT molecular complexity index is 1730. The first-order valence-electron chi connectivity index (χ1n) is 14.0. The summed E-state index contributed by atoms with van der Waals surface area (Å²) in [6.07, 6.45) is -0.935. The fourth-order valence-electron chi connectivity index (χ4n) is 5.03. The van der Waals surface area contributed by atoms with Gasteiger partial charge in [-0.15, -0.1) is 11.3 Å². The topological polar surface area (TPSA) is 97.8 Å². The molecule has 4 atom stereocenters. The second kappa shape index (κ2) is 13.3. The molecule has 1 aliphatic rings. The molecule has 4 aromatic carbocycles. The quantitative estimate of drug-likeness (QED) is 0.163. The van der Waals surface area contributed by atoms with Crippen LogP contribution in [0.2, 0.25) is 0 Å². The maximum atomic E-state index is 12.6. The minimum atomic E-state index is -3.61. The van der Waals surface area contributed by atoms with Crippen LogP contribution in [0.1, 0.15) is 41.6 Å². The van der Waals surface area contributed by atoms with Crippen LogP contribution in [0.15, 0.2) is 112 Å². The summed E-state index contributed by atoms with van der Waals surface area (Å²) in [6.45, 7) is 2.30. The van der Waals surface area contributed by atoms with Crippen LogP contribution in [-0.2, 0) is 32.6 Å². The third kappa shape index (κ3) is 7.02. The Morgan fingerprint density at radius 1 is 0.860 bits per heavy atom. The number of hydrogen-bond acceptors (Lipinski definition) is 8. The number of aliphatic hydroxyl groups excluding tert-OH is 1. The number of sulfonamides is 1. The highest BCUT2D eigenvalue weighted by Gasteiger charge is 2.38. The van der Waals surface area contributed by atoms with Gasteiger partial charge in [-0.3, -0.25) is 0 Å². The van der Waals surface area contributed by atoms with Gasteiger partial charge < -0.3 is 14.6 Å². The van der Waals surface area contributed by atoms with Crippen LogP contribution in [0.3, 0.4) is 0 Å². The predicted molar refractivity (Wildman–Crippen MR) is 170 cm³/mol. The molecule has 1 saturated heterocycles. The van der Waals surface area contributed by atoms with E-state index < -0.39 is 16.3 Å². The van der Waals surface area contributed by atoms with Gasteiger partial charge in [0.1, 0.15) is 0 Å². The van der Waals surface area contributed by atoms with Crippen molar-refractivity contribution in [3.63, 3.8) is 0 Å². The number of rotatable bonds is 10. The number of hydrogen-bond donors (Lipinski definition) is 2. The summed E-state index contributed by atoms with van der Waals surface area (Å²) in [7, 11) is -3.61. The van der Waals surface area contributed by atoms with E-state index in [9.17, 15) is 13.5 Å². The van der Waals surface area contributed by atoms with E-state index in [1.54, 1.807) is 53.4 Å². The van der Waals surface area contributed by atoms with Crippen molar-refractivity contribution in [2.24, 2.45) is 5.92 Å². The van der Waals surface area contributed by atoms with Gasteiger partial charge in [0.2, 0.25) is 10.0 Å². The lowest BCUT2D eigenvalue weighted by molar-refractivity contribution is -0.268. The van der Waals surface area contributed by atoms with Crippen molar-refractivity contribution in [3.8, 4) is 0 Å². The Morgan fingerprint density at radius 2 is 1.53 bits per heavy atom. The number of nitrogens with zero attached hydrogens (tertiary/aromatic N) is 1. The van der Waals surface area contributed by atoms with Gasteiger partial charge in [-0.2, -0.15) is 0 Å². The van der Waals surface area contributed by atoms with Gasteiger partial charge in [-0.25, -0.2) is 18.1 Å². The van der Waals surface area contributed by atoms with Crippen LogP contribution < -0.4 is 4.72 Å². The second-order valence-electron chi connectivity index (χ2n) is 10.5. The molecule has 0 radical (unpaired) electrons. The van der Waals surface area contributed by atoms with Gasteiger partial charge >= 0.3 is 0 Å². The van der Waals surface area contributed by atoms with Crippen LogP contribution in [0.4, 0.5) is 0 Å². The fourth-order valence-corrected chi connectivity index (χ4v) is 8.33. The maximum absolute atomic E-state index is 12.6. The Balaban J connectivity index is 1.19. The summed E-state index contributed by atoms with van der Waals surface area (Å²) in [5, 5.41) is 9.52. The SMILES string of the molecule is CC1C(CSc2nc3ccccc3s2)OC(c2ccc(CNS(=O)(=O)c3ccccc3)cc2)OC1c1ccc(CO)cc1. The molecule has 222 valence electrons. The first-order valence-corrected chi connectivity index (χ1v) is 17.3. The van der Waals surface area contributed by atoms with E-state index in [4.69, 9.17) is 14.5 Å². The molecular weight excluding hydrogens is 601 g/mol. The molecule has 4 unspecified atom stereocenters. The van der Waals surface area contributed by atoms with E-state index in [2.05, 4.69) is 17.7 Å². The highest BCUT2D eigenvalue weighted by molar-refractivity contribution is 8.01. The molecule has 2 N–H and O–H groups in total. The fraction of sp³-hybridized carbons (Fsp3) is 0.242. The van der Waals surface area contributed by atoms with Gasteiger partial charge in [0, 0.05) is 23.8 Å². The molecule has 0 amide bonds. The zero-order valence-electron chi connectivity index (χ0n) is 23.5. The third-order valence-electron chi connectivity index (χ3n) is 7.54. The van der Waals surface area contributed by atoms with E-state index in [1.807, 2.05) is 66.7 Å². The molecule has 2 heterocycles.